The molecule has 0 saturated carbocycles. The van der Waals surface area contributed by atoms with Crippen LogP contribution in [0.25, 0.3) is 18.2 Å². The SMILES string of the molecule is C/C=C\c1[c]ccc(/C=C\C)c1/C=C\C. The summed E-state index contributed by atoms with van der Waals surface area (Å²) in [5.74, 6) is 0. The van der Waals surface area contributed by atoms with Gasteiger partial charge in [-0.25, -0.2) is 0 Å². The predicted molar refractivity (Wildman–Crippen MR) is 69.4 cm³/mol. The van der Waals surface area contributed by atoms with Crippen LogP contribution in [0.5, 0.6) is 0 Å². The van der Waals surface area contributed by atoms with Gasteiger partial charge in [0.15, 0.2) is 0 Å². The lowest BCUT2D eigenvalue weighted by Gasteiger charge is -2.05. The summed E-state index contributed by atoms with van der Waals surface area (Å²) in [5.41, 5.74) is 3.62. The summed E-state index contributed by atoms with van der Waals surface area (Å²) >= 11 is 0. The van der Waals surface area contributed by atoms with Crippen molar-refractivity contribution < 1.29 is 0 Å². The van der Waals surface area contributed by atoms with Crippen molar-refractivity contribution in [3.8, 4) is 0 Å². The maximum atomic E-state index is 3.25. The average molecular weight is 197 g/mol. The van der Waals surface area contributed by atoms with Gasteiger partial charge in [0.1, 0.15) is 0 Å². The largest absolute Gasteiger partial charge is 0.0870 e. The summed E-state index contributed by atoms with van der Waals surface area (Å²) in [7, 11) is 0. The normalized spacial score (nSPS) is 12.2. The standard InChI is InChI=1S/C15H17/c1-4-8-13-11-7-12-14(9-5-2)15(13)10-6-3/h4-11H,1-3H3/b8-4-,9-5-,10-6-. The highest BCUT2D eigenvalue weighted by Crippen LogP contribution is 2.19. The van der Waals surface area contributed by atoms with Gasteiger partial charge in [0.05, 0.1) is 0 Å². The van der Waals surface area contributed by atoms with Crippen LogP contribution in [0.3, 0.4) is 0 Å². The third kappa shape index (κ3) is 2.95. The maximum Gasteiger partial charge on any atom is -0.00989 e. The monoisotopic (exact) mass is 197 g/mol. The Morgan fingerprint density at radius 1 is 0.933 bits per heavy atom. The minimum atomic E-state index is 1.14. The van der Waals surface area contributed by atoms with Crippen molar-refractivity contribution in [2.45, 2.75) is 20.8 Å². The van der Waals surface area contributed by atoms with Crippen LogP contribution < -0.4 is 0 Å². The van der Waals surface area contributed by atoms with E-state index in [0.717, 1.165) is 5.56 Å². The summed E-state index contributed by atoms with van der Waals surface area (Å²) in [4.78, 5) is 0. The zero-order valence-corrected chi connectivity index (χ0v) is 9.62. The molecule has 0 aliphatic rings. The van der Waals surface area contributed by atoms with Crippen molar-refractivity contribution in [2.24, 2.45) is 0 Å². The fourth-order valence-corrected chi connectivity index (χ4v) is 1.53. The number of benzene rings is 1. The van der Waals surface area contributed by atoms with Gasteiger partial charge in [0.2, 0.25) is 0 Å². The molecule has 15 heavy (non-hydrogen) atoms. The molecule has 0 atom stereocenters. The molecule has 0 aliphatic heterocycles. The van der Waals surface area contributed by atoms with Crippen molar-refractivity contribution >= 4 is 18.2 Å². The molecule has 0 N–H and O–H groups in total. The fraction of sp³-hybridized carbons (Fsp3) is 0.200. The van der Waals surface area contributed by atoms with Gasteiger partial charge in [-0.2, -0.15) is 0 Å². The molecule has 1 aromatic carbocycles. The number of rotatable bonds is 3. The van der Waals surface area contributed by atoms with Crippen molar-refractivity contribution in [1.29, 1.82) is 0 Å². The first-order valence-corrected chi connectivity index (χ1v) is 5.26. The van der Waals surface area contributed by atoms with Crippen molar-refractivity contribution in [1.82, 2.24) is 0 Å². The minimum absolute atomic E-state index is 1.14. The Labute approximate surface area is 92.6 Å². The third-order valence-corrected chi connectivity index (χ3v) is 2.12. The first-order chi connectivity index (χ1) is 7.33. The predicted octanol–water partition coefficient (Wildman–Crippen LogP) is 4.59. The van der Waals surface area contributed by atoms with E-state index >= 15 is 0 Å². The van der Waals surface area contributed by atoms with E-state index in [1.165, 1.54) is 11.1 Å². The van der Waals surface area contributed by atoms with Crippen LogP contribution in [0.1, 0.15) is 37.5 Å². The summed E-state index contributed by atoms with van der Waals surface area (Å²) in [5, 5.41) is 0. The molecule has 0 nitrogen and oxygen atoms in total. The first kappa shape index (κ1) is 11.5. The maximum absolute atomic E-state index is 3.25. The molecule has 0 bridgehead atoms. The molecule has 0 amide bonds. The van der Waals surface area contributed by atoms with Crippen molar-refractivity contribution in [3.63, 3.8) is 0 Å². The van der Waals surface area contributed by atoms with Gasteiger partial charge in [-0.05, 0) is 43.5 Å². The van der Waals surface area contributed by atoms with Gasteiger partial charge < -0.3 is 0 Å². The first-order valence-electron chi connectivity index (χ1n) is 5.26. The molecule has 1 rings (SSSR count). The quantitative estimate of drug-likeness (QED) is 0.665. The molecule has 0 heterocycles. The molecule has 0 spiro atoms. The Hall–Kier alpha value is -1.56. The van der Waals surface area contributed by atoms with E-state index in [4.69, 9.17) is 0 Å². The van der Waals surface area contributed by atoms with E-state index in [1.807, 2.05) is 32.9 Å². The Balaban J connectivity index is 3.33. The smallest absolute Gasteiger partial charge is 0.00989 e. The number of allylic oxidation sites excluding steroid dienone is 3. The Morgan fingerprint density at radius 2 is 1.60 bits per heavy atom. The Morgan fingerprint density at radius 3 is 2.20 bits per heavy atom. The second-order valence-electron chi connectivity index (χ2n) is 3.26. The fourth-order valence-electron chi connectivity index (χ4n) is 1.53. The topological polar surface area (TPSA) is 0 Å². The van der Waals surface area contributed by atoms with Crippen LogP contribution in [0.15, 0.2) is 30.4 Å². The van der Waals surface area contributed by atoms with Gasteiger partial charge in [-0.15, -0.1) is 0 Å². The van der Waals surface area contributed by atoms with Gasteiger partial charge >= 0.3 is 0 Å². The Bertz CT molecular complexity index is 362. The lowest BCUT2D eigenvalue weighted by molar-refractivity contribution is 1.54. The van der Waals surface area contributed by atoms with E-state index in [0.29, 0.717) is 0 Å². The summed E-state index contributed by atoms with van der Waals surface area (Å²) in [6.07, 6.45) is 12.5. The Kier molecular flexibility index (Phi) is 4.62. The molecule has 1 radical (unpaired) electrons. The second-order valence-corrected chi connectivity index (χ2v) is 3.26. The van der Waals surface area contributed by atoms with E-state index < -0.39 is 0 Å². The van der Waals surface area contributed by atoms with Crippen LogP contribution in [-0.2, 0) is 0 Å². The number of hydrogen-bond donors (Lipinski definition) is 0. The number of hydrogen-bond acceptors (Lipinski definition) is 0. The lowest BCUT2D eigenvalue weighted by Crippen LogP contribution is -1.86. The summed E-state index contributed by atoms with van der Waals surface area (Å²) in [6, 6.07) is 7.31. The lowest BCUT2D eigenvalue weighted by atomic mass is 9.99. The summed E-state index contributed by atoms with van der Waals surface area (Å²) in [6.45, 7) is 6.09. The van der Waals surface area contributed by atoms with Gasteiger partial charge in [-0.3, -0.25) is 0 Å². The van der Waals surface area contributed by atoms with Crippen LogP contribution in [0.4, 0.5) is 0 Å². The molecule has 1 aromatic rings. The van der Waals surface area contributed by atoms with Gasteiger partial charge in [-0.1, -0.05) is 48.6 Å². The second kappa shape index (κ2) is 6.02. The molecule has 0 unspecified atom stereocenters. The molecule has 0 aromatic heterocycles. The minimum Gasteiger partial charge on any atom is -0.0870 e. The molecule has 0 fully saturated rings. The zero-order chi connectivity index (χ0) is 11.1. The van der Waals surface area contributed by atoms with Crippen LogP contribution in [0.2, 0.25) is 0 Å². The van der Waals surface area contributed by atoms with Crippen LogP contribution >= 0.6 is 0 Å². The average Bonchev–Trinajstić information content (AvgIpc) is 2.23. The highest BCUT2D eigenvalue weighted by atomic mass is 14.0. The van der Waals surface area contributed by atoms with Gasteiger partial charge in [0.25, 0.3) is 0 Å². The molecular formula is C15H17. The van der Waals surface area contributed by atoms with E-state index in [-0.39, 0.29) is 0 Å². The zero-order valence-electron chi connectivity index (χ0n) is 9.62. The molecule has 77 valence electrons. The summed E-state index contributed by atoms with van der Waals surface area (Å²) < 4.78 is 0. The molecule has 0 heteroatoms. The van der Waals surface area contributed by atoms with E-state index in [2.05, 4.69) is 42.5 Å². The molecule has 0 saturated heterocycles. The van der Waals surface area contributed by atoms with E-state index in [1.54, 1.807) is 0 Å². The van der Waals surface area contributed by atoms with Crippen LogP contribution in [0, 0.1) is 6.07 Å². The third-order valence-electron chi connectivity index (χ3n) is 2.12. The molecule has 0 aliphatic carbocycles. The van der Waals surface area contributed by atoms with Gasteiger partial charge in [0, 0.05) is 0 Å². The van der Waals surface area contributed by atoms with Crippen LogP contribution in [-0.4, -0.2) is 0 Å². The van der Waals surface area contributed by atoms with E-state index in [9.17, 15) is 0 Å². The molecular weight excluding hydrogens is 180 g/mol. The van der Waals surface area contributed by atoms with Crippen molar-refractivity contribution in [3.05, 3.63) is 53.1 Å². The highest BCUT2D eigenvalue weighted by Gasteiger charge is 2.00. The highest BCUT2D eigenvalue weighted by molar-refractivity contribution is 5.73. The van der Waals surface area contributed by atoms with Crippen molar-refractivity contribution in [2.75, 3.05) is 0 Å².